The number of hydrogen-bond donors (Lipinski definition) is 2. The molecule has 0 fully saturated rings. The largest absolute Gasteiger partial charge is 0.355 e. The van der Waals surface area contributed by atoms with Gasteiger partial charge in [-0.2, -0.15) is 0 Å². The Morgan fingerprint density at radius 3 is 1.17 bits per heavy atom. The van der Waals surface area contributed by atoms with E-state index in [4.69, 9.17) is 0 Å². The van der Waals surface area contributed by atoms with Crippen molar-refractivity contribution in [3.63, 3.8) is 0 Å². The average Bonchev–Trinajstić information content (AvgIpc) is 3.49. The summed E-state index contributed by atoms with van der Waals surface area (Å²) in [6, 6.07) is 40.0. The zero-order valence-electron chi connectivity index (χ0n) is 20.2. The molecular formula is C34H28N2. The Balaban J connectivity index is 1.02. The van der Waals surface area contributed by atoms with Gasteiger partial charge in [0.2, 0.25) is 0 Å². The highest BCUT2D eigenvalue weighted by Gasteiger charge is 2.07. The molecule has 0 spiro atoms. The molecule has 174 valence electrons. The van der Waals surface area contributed by atoms with E-state index in [2.05, 4.69) is 119 Å². The summed E-state index contributed by atoms with van der Waals surface area (Å²) in [5, 5.41) is 5.26. The van der Waals surface area contributed by atoms with Gasteiger partial charge in [0.05, 0.1) is 0 Å². The summed E-state index contributed by atoms with van der Waals surface area (Å²) in [4.78, 5) is 7.04. The van der Waals surface area contributed by atoms with Crippen molar-refractivity contribution >= 4 is 43.6 Å². The predicted octanol–water partition coefficient (Wildman–Crippen LogP) is 8.53. The lowest BCUT2D eigenvalue weighted by Gasteiger charge is -2.06. The number of hydrogen-bond acceptors (Lipinski definition) is 0. The van der Waals surface area contributed by atoms with Gasteiger partial charge in [0.25, 0.3) is 0 Å². The number of para-hydroxylation sites is 2. The Bertz CT molecular complexity index is 1700. The van der Waals surface area contributed by atoms with Crippen LogP contribution in [0.2, 0.25) is 0 Å². The minimum absolute atomic E-state index is 1.05. The maximum atomic E-state index is 3.52. The van der Waals surface area contributed by atoms with Gasteiger partial charge >= 0.3 is 0 Å². The topological polar surface area (TPSA) is 31.6 Å². The molecule has 36 heavy (non-hydrogen) atoms. The van der Waals surface area contributed by atoms with Crippen molar-refractivity contribution in [2.24, 2.45) is 0 Å². The second-order valence-electron chi connectivity index (χ2n) is 9.92. The summed E-state index contributed by atoms with van der Waals surface area (Å²) in [6.07, 6.45) is 4.23. The lowest BCUT2D eigenvalue weighted by atomic mass is 9.99. The molecule has 0 aliphatic heterocycles. The third-order valence-electron chi connectivity index (χ3n) is 7.57. The fourth-order valence-corrected chi connectivity index (χ4v) is 5.55. The van der Waals surface area contributed by atoms with E-state index in [1.165, 1.54) is 65.9 Å². The molecule has 0 saturated heterocycles. The van der Waals surface area contributed by atoms with Crippen molar-refractivity contribution in [1.82, 2.24) is 9.97 Å². The van der Waals surface area contributed by atoms with Crippen molar-refractivity contribution in [2.45, 2.75) is 25.7 Å². The minimum atomic E-state index is 1.05. The van der Waals surface area contributed by atoms with Crippen LogP contribution in [0.15, 0.2) is 109 Å². The van der Waals surface area contributed by atoms with Crippen LogP contribution in [0.5, 0.6) is 0 Å². The lowest BCUT2D eigenvalue weighted by Crippen LogP contribution is -1.94. The summed E-state index contributed by atoms with van der Waals surface area (Å²) in [7, 11) is 0. The maximum absolute atomic E-state index is 3.52. The molecule has 2 heteroatoms. The van der Waals surface area contributed by atoms with Crippen LogP contribution in [-0.4, -0.2) is 9.97 Å². The van der Waals surface area contributed by atoms with E-state index in [0.29, 0.717) is 0 Å². The predicted molar refractivity (Wildman–Crippen MR) is 153 cm³/mol. The zero-order chi connectivity index (χ0) is 23.9. The Hall–Kier alpha value is -4.30. The van der Waals surface area contributed by atoms with Crippen LogP contribution in [0.25, 0.3) is 43.6 Å². The number of benzene rings is 5. The highest BCUT2D eigenvalue weighted by atomic mass is 14.7. The molecule has 0 aliphatic carbocycles. The maximum Gasteiger partial charge on any atom is 0.0465 e. The van der Waals surface area contributed by atoms with Gasteiger partial charge < -0.3 is 9.97 Å². The fourth-order valence-electron chi connectivity index (χ4n) is 5.55. The van der Waals surface area contributed by atoms with E-state index in [1.54, 1.807) is 0 Å². The van der Waals surface area contributed by atoms with Crippen LogP contribution in [0.3, 0.4) is 0 Å². The van der Waals surface area contributed by atoms with Gasteiger partial charge in [0.1, 0.15) is 0 Å². The zero-order valence-corrected chi connectivity index (χ0v) is 20.2. The number of rotatable bonds is 6. The molecule has 0 radical (unpaired) electrons. The van der Waals surface area contributed by atoms with Gasteiger partial charge in [-0.3, -0.25) is 0 Å². The second kappa shape index (κ2) is 8.73. The van der Waals surface area contributed by atoms with Crippen molar-refractivity contribution in [3.8, 4) is 0 Å². The standard InChI is InChI=1S/C34H28N2/c1-3-7-31-27(5-1)29-21-25(17-19-33(29)35-31)15-13-23-9-11-24(12-10-23)14-16-26-18-20-34-30(22-26)28-6-2-4-8-32(28)36-34/h1-12,17-22,35-36H,13-16H2. The third-order valence-corrected chi connectivity index (χ3v) is 7.57. The Kier molecular flexibility index (Phi) is 5.10. The molecule has 2 aromatic heterocycles. The second-order valence-corrected chi connectivity index (χ2v) is 9.92. The number of aromatic amines is 2. The number of nitrogens with one attached hydrogen (secondary N) is 2. The number of aromatic nitrogens is 2. The van der Waals surface area contributed by atoms with Gasteiger partial charge in [-0.1, -0.05) is 72.8 Å². The summed E-state index contributed by atoms with van der Waals surface area (Å²) >= 11 is 0. The van der Waals surface area contributed by atoms with E-state index < -0.39 is 0 Å². The van der Waals surface area contributed by atoms with Gasteiger partial charge in [-0.25, -0.2) is 0 Å². The summed E-state index contributed by atoms with van der Waals surface area (Å²) in [5.41, 5.74) is 10.4. The Morgan fingerprint density at radius 2 is 0.694 bits per heavy atom. The summed E-state index contributed by atoms with van der Waals surface area (Å²) < 4.78 is 0. The molecule has 7 aromatic rings. The smallest absolute Gasteiger partial charge is 0.0465 e. The summed E-state index contributed by atoms with van der Waals surface area (Å²) in [5.74, 6) is 0. The molecule has 0 atom stereocenters. The van der Waals surface area contributed by atoms with E-state index in [9.17, 15) is 0 Å². The minimum Gasteiger partial charge on any atom is -0.355 e. The van der Waals surface area contributed by atoms with E-state index in [1.807, 2.05) is 0 Å². The molecule has 2 N–H and O–H groups in total. The van der Waals surface area contributed by atoms with Gasteiger partial charge in [0.15, 0.2) is 0 Å². The van der Waals surface area contributed by atoms with E-state index in [0.717, 1.165) is 25.7 Å². The molecule has 0 aliphatic rings. The first-order chi connectivity index (χ1) is 17.8. The van der Waals surface area contributed by atoms with Crippen LogP contribution < -0.4 is 0 Å². The molecule has 2 heterocycles. The van der Waals surface area contributed by atoms with Crippen molar-refractivity contribution in [2.75, 3.05) is 0 Å². The quantitative estimate of drug-likeness (QED) is 0.247. The van der Waals surface area contributed by atoms with Crippen LogP contribution in [0.1, 0.15) is 22.3 Å². The molecule has 0 amide bonds. The highest BCUT2D eigenvalue weighted by Crippen LogP contribution is 2.28. The molecule has 7 rings (SSSR count). The van der Waals surface area contributed by atoms with E-state index in [-0.39, 0.29) is 0 Å². The monoisotopic (exact) mass is 464 g/mol. The summed E-state index contributed by atoms with van der Waals surface area (Å²) in [6.45, 7) is 0. The van der Waals surface area contributed by atoms with Gasteiger partial charge in [-0.15, -0.1) is 0 Å². The molecular weight excluding hydrogens is 436 g/mol. The lowest BCUT2D eigenvalue weighted by molar-refractivity contribution is 0.942. The van der Waals surface area contributed by atoms with Crippen LogP contribution >= 0.6 is 0 Å². The third kappa shape index (κ3) is 3.85. The number of aryl methyl sites for hydroxylation is 4. The molecule has 0 unspecified atom stereocenters. The Labute approximate surface area is 210 Å². The Morgan fingerprint density at radius 1 is 0.333 bits per heavy atom. The van der Waals surface area contributed by atoms with Gasteiger partial charge in [0, 0.05) is 43.6 Å². The first kappa shape index (κ1) is 21.0. The normalized spacial score (nSPS) is 11.8. The number of H-pyrrole nitrogens is 2. The molecule has 2 nitrogen and oxygen atoms in total. The molecule has 0 bridgehead atoms. The van der Waals surface area contributed by atoms with Crippen LogP contribution in [0.4, 0.5) is 0 Å². The van der Waals surface area contributed by atoms with Crippen LogP contribution in [0, 0.1) is 0 Å². The highest BCUT2D eigenvalue weighted by molar-refractivity contribution is 6.08. The fraction of sp³-hybridized carbons (Fsp3) is 0.118. The first-order valence-corrected chi connectivity index (χ1v) is 12.9. The molecule has 0 saturated carbocycles. The van der Waals surface area contributed by atoms with Crippen LogP contribution in [-0.2, 0) is 25.7 Å². The van der Waals surface area contributed by atoms with Crippen molar-refractivity contribution < 1.29 is 0 Å². The average molecular weight is 465 g/mol. The number of fused-ring (bicyclic) bond motifs is 6. The van der Waals surface area contributed by atoms with E-state index >= 15 is 0 Å². The van der Waals surface area contributed by atoms with Gasteiger partial charge in [-0.05, 0) is 84.3 Å². The first-order valence-electron chi connectivity index (χ1n) is 12.9. The van der Waals surface area contributed by atoms with Crippen molar-refractivity contribution in [3.05, 3.63) is 131 Å². The molecule has 5 aromatic carbocycles. The SMILES string of the molecule is c1ccc2c(c1)[nH]c1ccc(CCc3ccc(CCc4ccc5[nH]c6ccccc6c5c4)cc3)cc12. The van der Waals surface area contributed by atoms with Crippen molar-refractivity contribution in [1.29, 1.82) is 0 Å².